The number of aromatic hydroxyl groups is 1. The number of nitrogens with zero attached hydrogens (tertiary/aromatic N) is 4. The summed E-state index contributed by atoms with van der Waals surface area (Å²) in [4.78, 5) is 7.68. The Bertz CT molecular complexity index is 843. The lowest BCUT2D eigenvalue weighted by molar-refractivity contribution is -0.141. The number of hydrogen-bond donors (Lipinski definition) is 1. The highest BCUT2D eigenvalue weighted by Gasteiger charge is 2.33. The molecular weight excluding hydrogens is 316 g/mol. The first-order valence-electron chi connectivity index (χ1n) is 6.30. The summed E-state index contributed by atoms with van der Waals surface area (Å²) in [5.41, 5.74) is -0.419. The fourth-order valence-electron chi connectivity index (χ4n) is 1.88. The number of halogens is 4. The van der Waals surface area contributed by atoms with E-state index in [0.717, 1.165) is 16.9 Å². The molecule has 0 fully saturated rings. The molecule has 0 saturated carbocycles. The van der Waals surface area contributed by atoms with Crippen molar-refractivity contribution in [2.24, 2.45) is 0 Å². The van der Waals surface area contributed by atoms with Gasteiger partial charge in [0.15, 0.2) is 5.69 Å². The molecule has 9 heteroatoms. The van der Waals surface area contributed by atoms with E-state index in [2.05, 4.69) is 15.1 Å². The van der Waals surface area contributed by atoms with Crippen LogP contribution in [0.2, 0.25) is 0 Å². The summed E-state index contributed by atoms with van der Waals surface area (Å²) in [5.74, 6) is -1.13. The largest absolute Gasteiger partial charge is 0.493 e. The van der Waals surface area contributed by atoms with Crippen molar-refractivity contribution in [3.8, 4) is 23.1 Å². The smallest absolute Gasteiger partial charge is 0.435 e. The number of rotatable bonds is 2. The van der Waals surface area contributed by atoms with Gasteiger partial charge < -0.3 is 5.11 Å². The van der Waals surface area contributed by atoms with Gasteiger partial charge in [-0.2, -0.15) is 23.3 Å². The zero-order valence-electron chi connectivity index (χ0n) is 11.3. The summed E-state index contributed by atoms with van der Waals surface area (Å²) < 4.78 is 51.5. The van der Waals surface area contributed by atoms with Crippen LogP contribution in [0.1, 0.15) is 5.69 Å². The van der Waals surface area contributed by atoms with Gasteiger partial charge in [0.1, 0.15) is 5.82 Å². The summed E-state index contributed by atoms with van der Waals surface area (Å²) in [6.45, 7) is 0. The van der Waals surface area contributed by atoms with Gasteiger partial charge in [-0.3, -0.25) is 0 Å². The second kappa shape index (κ2) is 5.34. The van der Waals surface area contributed by atoms with Gasteiger partial charge in [0.25, 0.3) is 5.95 Å². The molecule has 0 atom stereocenters. The molecule has 3 aromatic rings. The lowest BCUT2D eigenvalue weighted by Crippen LogP contribution is -2.09. The lowest BCUT2D eigenvalue weighted by Gasteiger charge is -2.06. The molecule has 0 aliphatic rings. The van der Waals surface area contributed by atoms with Crippen molar-refractivity contribution in [3.63, 3.8) is 0 Å². The molecule has 1 aromatic carbocycles. The third-order valence-corrected chi connectivity index (χ3v) is 2.93. The van der Waals surface area contributed by atoms with Gasteiger partial charge in [-0.05, 0) is 30.3 Å². The van der Waals surface area contributed by atoms with E-state index in [1.54, 1.807) is 0 Å². The molecule has 0 unspecified atom stereocenters. The maximum absolute atomic E-state index is 12.9. The monoisotopic (exact) mass is 324 g/mol. The highest BCUT2D eigenvalue weighted by Crippen LogP contribution is 2.28. The van der Waals surface area contributed by atoms with Crippen LogP contribution >= 0.6 is 0 Å². The molecule has 0 amide bonds. The molecule has 118 valence electrons. The van der Waals surface area contributed by atoms with Crippen LogP contribution in [0.4, 0.5) is 17.6 Å². The molecule has 0 aliphatic heterocycles. The quantitative estimate of drug-likeness (QED) is 0.735. The Kier molecular flexibility index (Phi) is 3.47. The number of aromatic nitrogens is 4. The third kappa shape index (κ3) is 3.12. The first-order chi connectivity index (χ1) is 10.8. The van der Waals surface area contributed by atoms with E-state index >= 15 is 0 Å². The molecule has 0 radical (unpaired) electrons. The Morgan fingerprint density at radius 2 is 1.70 bits per heavy atom. The Balaban J connectivity index is 2.04. The van der Waals surface area contributed by atoms with Gasteiger partial charge in [0.05, 0.1) is 5.69 Å². The minimum absolute atomic E-state index is 0.219. The van der Waals surface area contributed by atoms with Gasteiger partial charge in [-0.15, -0.1) is 0 Å². The van der Waals surface area contributed by atoms with Gasteiger partial charge in [0.2, 0.25) is 5.88 Å². The fourth-order valence-corrected chi connectivity index (χ4v) is 1.88. The summed E-state index contributed by atoms with van der Waals surface area (Å²) in [7, 11) is 0. The fraction of sp³-hybridized carbons (Fsp3) is 0.0714. The zero-order valence-corrected chi connectivity index (χ0v) is 11.3. The lowest BCUT2D eigenvalue weighted by atomic mass is 10.1. The van der Waals surface area contributed by atoms with E-state index in [4.69, 9.17) is 0 Å². The van der Waals surface area contributed by atoms with Crippen LogP contribution in [0.3, 0.4) is 0 Å². The van der Waals surface area contributed by atoms with E-state index in [0.29, 0.717) is 5.56 Å². The maximum atomic E-state index is 12.9. The Hall–Kier alpha value is -2.97. The van der Waals surface area contributed by atoms with Crippen LogP contribution in [-0.2, 0) is 6.18 Å². The van der Waals surface area contributed by atoms with Crippen LogP contribution in [0.5, 0.6) is 5.88 Å². The van der Waals surface area contributed by atoms with Crippen LogP contribution in [0.25, 0.3) is 17.2 Å². The summed E-state index contributed by atoms with van der Waals surface area (Å²) in [6, 6.07) is 7.22. The number of alkyl halides is 3. The van der Waals surface area contributed by atoms with E-state index in [1.807, 2.05) is 0 Å². The summed E-state index contributed by atoms with van der Waals surface area (Å²) in [6.07, 6.45) is -3.56. The second-order valence-corrected chi connectivity index (χ2v) is 4.56. The Morgan fingerprint density at radius 3 is 2.30 bits per heavy atom. The Labute approximate surface area is 126 Å². The maximum Gasteiger partial charge on any atom is 0.435 e. The van der Waals surface area contributed by atoms with Crippen LogP contribution in [-0.4, -0.2) is 24.9 Å². The predicted molar refractivity (Wildman–Crippen MR) is 71.2 cm³/mol. The van der Waals surface area contributed by atoms with Gasteiger partial charge in [-0.25, -0.2) is 14.1 Å². The topological polar surface area (TPSA) is 63.8 Å². The molecule has 0 aliphatic carbocycles. The highest BCUT2D eigenvalue weighted by atomic mass is 19.4. The van der Waals surface area contributed by atoms with E-state index < -0.39 is 23.6 Å². The molecule has 0 bridgehead atoms. The summed E-state index contributed by atoms with van der Waals surface area (Å²) >= 11 is 0. The van der Waals surface area contributed by atoms with Crippen LogP contribution in [0, 0.1) is 5.82 Å². The molecule has 2 aromatic heterocycles. The minimum atomic E-state index is -4.60. The second-order valence-electron chi connectivity index (χ2n) is 4.56. The molecule has 2 heterocycles. The molecular formula is C14H8F4N4O. The molecule has 5 nitrogen and oxygen atoms in total. The molecule has 3 rings (SSSR count). The molecule has 23 heavy (non-hydrogen) atoms. The first kappa shape index (κ1) is 14.9. The molecule has 1 N–H and O–H groups in total. The van der Waals surface area contributed by atoms with Gasteiger partial charge in [-0.1, -0.05) is 0 Å². The van der Waals surface area contributed by atoms with Crippen LogP contribution in [0.15, 0.2) is 42.6 Å². The average Bonchev–Trinajstić information content (AvgIpc) is 2.97. The zero-order chi connectivity index (χ0) is 16.6. The van der Waals surface area contributed by atoms with Crippen molar-refractivity contribution in [1.29, 1.82) is 0 Å². The van der Waals surface area contributed by atoms with Crippen molar-refractivity contribution >= 4 is 0 Å². The van der Waals surface area contributed by atoms with Crippen molar-refractivity contribution in [3.05, 3.63) is 54.1 Å². The standard InChI is InChI=1S/C14H8F4N4O/c15-9-3-1-8(2-4-9)10-7-12(23)20-13(19-10)22-6-5-11(21-22)14(16,17)18/h1-7H,(H,19,20,23). The number of benzene rings is 1. The van der Waals surface area contributed by atoms with E-state index in [1.165, 1.54) is 30.3 Å². The van der Waals surface area contributed by atoms with E-state index in [-0.39, 0.29) is 11.6 Å². The number of hydrogen-bond acceptors (Lipinski definition) is 4. The third-order valence-electron chi connectivity index (χ3n) is 2.93. The highest BCUT2D eigenvalue weighted by molar-refractivity contribution is 5.60. The van der Waals surface area contributed by atoms with Crippen molar-refractivity contribution in [2.75, 3.05) is 0 Å². The van der Waals surface area contributed by atoms with Crippen molar-refractivity contribution in [2.45, 2.75) is 6.18 Å². The van der Waals surface area contributed by atoms with E-state index in [9.17, 15) is 22.7 Å². The SMILES string of the molecule is Oc1cc(-c2ccc(F)cc2)nc(-n2ccc(C(F)(F)F)n2)n1. The van der Waals surface area contributed by atoms with Crippen molar-refractivity contribution in [1.82, 2.24) is 19.7 Å². The average molecular weight is 324 g/mol. The summed E-state index contributed by atoms with van der Waals surface area (Å²) in [5, 5.41) is 13.0. The van der Waals surface area contributed by atoms with Crippen LogP contribution < -0.4 is 0 Å². The van der Waals surface area contributed by atoms with Gasteiger partial charge in [0, 0.05) is 17.8 Å². The Morgan fingerprint density at radius 1 is 1.00 bits per heavy atom. The molecule has 0 saturated heterocycles. The minimum Gasteiger partial charge on any atom is -0.493 e. The molecule has 0 spiro atoms. The van der Waals surface area contributed by atoms with Gasteiger partial charge >= 0.3 is 6.18 Å². The normalized spacial score (nSPS) is 11.7. The predicted octanol–water partition coefficient (Wildman–Crippen LogP) is 3.19. The first-order valence-corrected chi connectivity index (χ1v) is 6.30. The van der Waals surface area contributed by atoms with Crippen molar-refractivity contribution < 1.29 is 22.7 Å².